The molecule has 4 rings (SSSR count). The molecule has 1 unspecified atom stereocenters. The van der Waals surface area contributed by atoms with Crippen molar-refractivity contribution in [1.29, 1.82) is 0 Å². The van der Waals surface area contributed by atoms with Crippen molar-refractivity contribution in [3.05, 3.63) is 75.9 Å². The van der Waals surface area contributed by atoms with Gasteiger partial charge in [-0.1, -0.05) is 30.7 Å². The summed E-state index contributed by atoms with van der Waals surface area (Å²) in [6.45, 7) is 3.70. The van der Waals surface area contributed by atoms with Crippen molar-refractivity contribution < 1.29 is 17.9 Å². The van der Waals surface area contributed by atoms with Gasteiger partial charge in [0.2, 0.25) is 11.8 Å². The second-order valence-electron chi connectivity index (χ2n) is 8.77. The van der Waals surface area contributed by atoms with Crippen LogP contribution < -0.4 is 20.3 Å². The van der Waals surface area contributed by atoms with Gasteiger partial charge < -0.3 is 10.1 Å². The summed E-state index contributed by atoms with van der Waals surface area (Å²) in [5.74, 6) is -0.547. The van der Waals surface area contributed by atoms with E-state index in [4.69, 9.17) is 16.3 Å². The van der Waals surface area contributed by atoms with Gasteiger partial charge in [0.25, 0.3) is 15.6 Å². The number of nitrogens with one attached hydrogen (secondary N) is 2. The Morgan fingerprint density at radius 1 is 1.13 bits per heavy atom. The highest BCUT2D eigenvalue weighted by atomic mass is 35.5. The molecule has 2 N–H and O–H groups in total. The first-order chi connectivity index (χ1) is 18.0. The molecule has 0 bridgehead atoms. The van der Waals surface area contributed by atoms with Gasteiger partial charge in [-0.3, -0.25) is 18.9 Å². The van der Waals surface area contributed by atoms with E-state index in [9.17, 15) is 18.0 Å². The minimum atomic E-state index is -4.06. The predicted octanol–water partition coefficient (Wildman–Crippen LogP) is 3.61. The third-order valence-corrected chi connectivity index (χ3v) is 7.84. The number of carbonyl (C=O) groups is 1. The number of fused-ring (bicyclic) bond motifs is 1. The van der Waals surface area contributed by atoms with Gasteiger partial charge in [0.15, 0.2) is 0 Å². The molecule has 0 saturated carbocycles. The van der Waals surface area contributed by atoms with Crippen LogP contribution in [0.4, 0.5) is 5.69 Å². The van der Waals surface area contributed by atoms with Crippen LogP contribution in [0.3, 0.4) is 0 Å². The van der Waals surface area contributed by atoms with Crippen molar-refractivity contribution in [3.63, 3.8) is 0 Å². The zero-order valence-corrected chi connectivity index (χ0v) is 22.7. The van der Waals surface area contributed by atoms with Crippen LogP contribution in [-0.2, 0) is 21.4 Å². The maximum Gasteiger partial charge on any atom is 0.263 e. The number of halogens is 1. The second kappa shape index (κ2) is 10.8. The number of nitrogens with zero attached hydrogens (tertiary/aromatic N) is 3. The van der Waals surface area contributed by atoms with Crippen LogP contribution >= 0.6 is 11.6 Å². The summed E-state index contributed by atoms with van der Waals surface area (Å²) in [6.07, 6.45) is 2.93. The van der Waals surface area contributed by atoms with Crippen LogP contribution in [-0.4, -0.2) is 43.0 Å². The maximum atomic E-state index is 13.2. The highest BCUT2D eigenvalue weighted by Crippen LogP contribution is 2.32. The Kier molecular flexibility index (Phi) is 7.70. The van der Waals surface area contributed by atoms with E-state index in [2.05, 4.69) is 20.0 Å². The van der Waals surface area contributed by atoms with Gasteiger partial charge in [0.1, 0.15) is 10.6 Å². The zero-order valence-electron chi connectivity index (χ0n) is 21.1. The van der Waals surface area contributed by atoms with E-state index in [-0.39, 0.29) is 39.5 Å². The number of hydrogen-bond acceptors (Lipinski definition) is 7. The lowest BCUT2D eigenvalue weighted by atomic mass is 10.0. The Hall–Kier alpha value is -3.96. The number of ether oxygens (including phenoxy) is 1. The van der Waals surface area contributed by atoms with Crippen LogP contribution in [0.25, 0.3) is 22.0 Å². The number of aromatic nitrogens is 3. The molecule has 0 radical (unpaired) electrons. The standard InChI is InChI=1S/C26H26ClN5O5S/c1-15-5-8-23(20(27)9-15)38(35,36)31-22-11-18(12-29-25(22)37-4)17-6-7-21-19(10-17)26(34)32(14-30-21)13-16(2)24(33)28-3/h5-12,14,16,31H,13H2,1-4H3,(H,28,33). The molecule has 2 aromatic heterocycles. The maximum absolute atomic E-state index is 13.2. The molecule has 0 fully saturated rings. The molecule has 4 aromatic rings. The number of aryl methyl sites for hydroxylation is 1. The van der Waals surface area contributed by atoms with E-state index in [1.54, 1.807) is 50.4 Å². The second-order valence-corrected chi connectivity index (χ2v) is 10.8. The lowest BCUT2D eigenvalue weighted by molar-refractivity contribution is -0.124. The first-order valence-corrected chi connectivity index (χ1v) is 13.4. The Morgan fingerprint density at radius 2 is 1.89 bits per heavy atom. The molecule has 0 aliphatic heterocycles. The van der Waals surface area contributed by atoms with Crippen LogP contribution in [0.2, 0.25) is 5.02 Å². The number of sulfonamides is 1. The monoisotopic (exact) mass is 555 g/mol. The average Bonchev–Trinajstić information content (AvgIpc) is 2.89. The average molecular weight is 556 g/mol. The van der Waals surface area contributed by atoms with Gasteiger partial charge in [-0.25, -0.2) is 18.4 Å². The zero-order chi connectivity index (χ0) is 27.6. The van der Waals surface area contributed by atoms with Gasteiger partial charge in [0.05, 0.1) is 35.3 Å². The third kappa shape index (κ3) is 5.48. The van der Waals surface area contributed by atoms with Gasteiger partial charge in [0, 0.05) is 25.4 Å². The van der Waals surface area contributed by atoms with Gasteiger partial charge in [-0.2, -0.15) is 0 Å². The van der Waals surface area contributed by atoms with Crippen LogP contribution in [0.5, 0.6) is 5.88 Å². The van der Waals surface area contributed by atoms with Gasteiger partial charge in [-0.05, 0) is 48.4 Å². The third-order valence-electron chi connectivity index (χ3n) is 5.99. The Bertz CT molecular complexity index is 1700. The minimum absolute atomic E-state index is 0.0635. The molecular weight excluding hydrogens is 530 g/mol. The summed E-state index contributed by atoms with van der Waals surface area (Å²) < 4.78 is 35.4. The number of benzene rings is 2. The smallest absolute Gasteiger partial charge is 0.263 e. The molecule has 2 aromatic carbocycles. The van der Waals surface area contributed by atoms with E-state index in [0.717, 1.165) is 5.56 Å². The fourth-order valence-corrected chi connectivity index (χ4v) is 5.61. The lowest BCUT2D eigenvalue weighted by Crippen LogP contribution is -2.32. The van der Waals surface area contributed by atoms with E-state index >= 15 is 0 Å². The van der Waals surface area contributed by atoms with E-state index in [0.29, 0.717) is 22.0 Å². The Labute approximate surface area is 224 Å². The summed E-state index contributed by atoms with van der Waals surface area (Å²) in [5.41, 5.74) is 2.25. The molecule has 0 spiro atoms. The molecule has 10 nitrogen and oxygen atoms in total. The molecule has 0 saturated heterocycles. The molecule has 0 aliphatic rings. The molecule has 12 heteroatoms. The summed E-state index contributed by atoms with van der Waals surface area (Å²) in [4.78, 5) is 33.6. The number of rotatable bonds is 8. The largest absolute Gasteiger partial charge is 0.480 e. The molecule has 0 aliphatic carbocycles. The summed E-state index contributed by atoms with van der Waals surface area (Å²) in [7, 11) is -1.14. The molecular formula is C26H26ClN5O5S. The van der Waals surface area contributed by atoms with Crippen LogP contribution in [0.1, 0.15) is 12.5 Å². The molecule has 38 heavy (non-hydrogen) atoms. The molecule has 198 valence electrons. The minimum Gasteiger partial charge on any atom is -0.480 e. The van der Waals surface area contributed by atoms with E-state index < -0.39 is 15.9 Å². The normalized spacial score (nSPS) is 12.2. The topological polar surface area (TPSA) is 132 Å². The van der Waals surface area contributed by atoms with Gasteiger partial charge >= 0.3 is 0 Å². The SMILES string of the molecule is CNC(=O)C(C)Cn1cnc2ccc(-c3cnc(OC)c(NS(=O)(=O)c4ccc(C)cc4Cl)c3)cc2c1=O. The van der Waals surface area contributed by atoms with Crippen LogP contribution in [0.15, 0.2) is 64.7 Å². The number of carbonyl (C=O) groups excluding carboxylic acids is 1. The van der Waals surface area contributed by atoms with Crippen molar-refractivity contribution in [2.45, 2.75) is 25.3 Å². The predicted molar refractivity (Wildman–Crippen MR) is 146 cm³/mol. The molecule has 1 amide bonds. The number of amides is 1. The summed E-state index contributed by atoms with van der Waals surface area (Å²) in [5, 5.41) is 3.00. The quantitative estimate of drug-likeness (QED) is 0.339. The Balaban J connectivity index is 1.73. The molecule has 1 atom stereocenters. The first-order valence-electron chi connectivity index (χ1n) is 11.6. The number of pyridine rings is 1. The fourth-order valence-electron chi connectivity index (χ4n) is 3.96. The first kappa shape index (κ1) is 27.1. The highest BCUT2D eigenvalue weighted by Gasteiger charge is 2.21. The van der Waals surface area contributed by atoms with Crippen molar-refractivity contribution in [1.82, 2.24) is 19.9 Å². The van der Waals surface area contributed by atoms with Crippen molar-refractivity contribution in [3.8, 4) is 17.0 Å². The number of anilines is 1. The number of methoxy groups -OCH3 is 1. The van der Waals surface area contributed by atoms with Crippen molar-refractivity contribution in [2.24, 2.45) is 5.92 Å². The van der Waals surface area contributed by atoms with Crippen LogP contribution in [0, 0.1) is 12.8 Å². The molecule has 2 heterocycles. The van der Waals surface area contributed by atoms with E-state index in [1.807, 2.05) is 6.92 Å². The number of hydrogen-bond donors (Lipinski definition) is 2. The lowest BCUT2D eigenvalue weighted by Gasteiger charge is -2.14. The van der Waals surface area contributed by atoms with Crippen molar-refractivity contribution in [2.75, 3.05) is 18.9 Å². The highest BCUT2D eigenvalue weighted by molar-refractivity contribution is 7.92. The van der Waals surface area contributed by atoms with Crippen molar-refractivity contribution >= 4 is 44.1 Å². The Morgan fingerprint density at radius 3 is 2.58 bits per heavy atom. The van der Waals surface area contributed by atoms with E-state index in [1.165, 1.54) is 30.3 Å². The fraction of sp³-hybridized carbons (Fsp3) is 0.231. The van der Waals surface area contributed by atoms with Gasteiger partial charge in [-0.15, -0.1) is 0 Å². The summed E-state index contributed by atoms with van der Waals surface area (Å²) >= 11 is 6.20. The summed E-state index contributed by atoms with van der Waals surface area (Å²) in [6, 6.07) is 11.3.